The van der Waals surface area contributed by atoms with Crippen LogP contribution >= 0.6 is 0 Å². The first kappa shape index (κ1) is 22.8. The van der Waals surface area contributed by atoms with Crippen molar-refractivity contribution in [3.8, 4) is 0 Å². The molecule has 0 amide bonds. The van der Waals surface area contributed by atoms with Crippen LogP contribution in [-0.4, -0.2) is 37.6 Å². The predicted molar refractivity (Wildman–Crippen MR) is 126 cm³/mol. The van der Waals surface area contributed by atoms with Crippen LogP contribution in [0.1, 0.15) is 73.6 Å². The first-order valence-electron chi connectivity index (χ1n) is 11.8. The SMILES string of the molecule is Cc1c(C(F)F)c(=O)n(C2CCCC2)c2nc(Nc3ccc(C4CCN(N)CC4)cn3)ncc12. The number of nitrogens with two attached hydrogens (primary N) is 1. The first-order chi connectivity index (χ1) is 16.4. The summed E-state index contributed by atoms with van der Waals surface area (Å²) in [4.78, 5) is 26.5. The van der Waals surface area contributed by atoms with Crippen molar-refractivity contribution < 1.29 is 8.78 Å². The summed E-state index contributed by atoms with van der Waals surface area (Å²) in [5.41, 5.74) is 0.690. The lowest BCUT2D eigenvalue weighted by Crippen LogP contribution is -2.38. The highest BCUT2D eigenvalue weighted by Crippen LogP contribution is 2.33. The van der Waals surface area contributed by atoms with Crippen molar-refractivity contribution in [3.05, 3.63) is 51.6 Å². The molecule has 0 aromatic carbocycles. The fraction of sp³-hybridized carbons (Fsp3) is 0.500. The van der Waals surface area contributed by atoms with Crippen LogP contribution in [0, 0.1) is 6.92 Å². The fourth-order valence-corrected chi connectivity index (χ4v) is 5.24. The molecule has 3 aromatic heterocycles. The number of hydrazine groups is 1. The van der Waals surface area contributed by atoms with E-state index < -0.39 is 17.5 Å². The normalized spacial score (nSPS) is 18.3. The number of pyridine rings is 2. The highest BCUT2D eigenvalue weighted by atomic mass is 19.3. The molecule has 2 aliphatic rings. The van der Waals surface area contributed by atoms with Gasteiger partial charge in [0.2, 0.25) is 5.95 Å². The van der Waals surface area contributed by atoms with Crippen LogP contribution < -0.4 is 16.7 Å². The minimum atomic E-state index is -2.85. The number of alkyl halides is 2. The van der Waals surface area contributed by atoms with E-state index in [1.165, 1.54) is 23.3 Å². The highest BCUT2D eigenvalue weighted by molar-refractivity contribution is 5.80. The van der Waals surface area contributed by atoms with E-state index in [4.69, 9.17) is 5.84 Å². The zero-order chi connectivity index (χ0) is 23.8. The molecule has 8 nitrogen and oxygen atoms in total. The number of nitrogens with zero attached hydrogens (tertiary/aromatic N) is 5. The van der Waals surface area contributed by atoms with Crippen LogP contribution in [-0.2, 0) is 0 Å². The number of aryl methyl sites for hydroxylation is 1. The van der Waals surface area contributed by atoms with Gasteiger partial charge in [-0.05, 0) is 55.7 Å². The van der Waals surface area contributed by atoms with E-state index in [-0.39, 0.29) is 17.6 Å². The summed E-state index contributed by atoms with van der Waals surface area (Å²) in [7, 11) is 0. The Hall–Kier alpha value is -2.98. The summed E-state index contributed by atoms with van der Waals surface area (Å²) in [6.07, 6.45) is 6.01. The van der Waals surface area contributed by atoms with Gasteiger partial charge in [-0.1, -0.05) is 18.9 Å². The van der Waals surface area contributed by atoms with E-state index in [0.717, 1.165) is 51.6 Å². The van der Waals surface area contributed by atoms with Crippen LogP contribution in [0.15, 0.2) is 29.3 Å². The number of hydrogen-bond donors (Lipinski definition) is 2. The first-order valence-corrected chi connectivity index (χ1v) is 11.8. The molecule has 0 radical (unpaired) electrons. The van der Waals surface area contributed by atoms with Gasteiger partial charge in [0.25, 0.3) is 12.0 Å². The summed E-state index contributed by atoms with van der Waals surface area (Å²) < 4.78 is 29.0. The molecule has 180 valence electrons. The Labute approximate surface area is 196 Å². The van der Waals surface area contributed by atoms with E-state index in [0.29, 0.717) is 22.8 Å². The number of hydrogen-bond acceptors (Lipinski definition) is 7. The summed E-state index contributed by atoms with van der Waals surface area (Å²) in [5, 5.41) is 5.42. The molecule has 0 unspecified atom stereocenters. The Morgan fingerprint density at radius 1 is 1.09 bits per heavy atom. The number of halogens is 2. The summed E-state index contributed by atoms with van der Waals surface area (Å²) >= 11 is 0. The molecule has 10 heteroatoms. The van der Waals surface area contributed by atoms with Gasteiger partial charge in [0.15, 0.2) is 0 Å². The summed E-state index contributed by atoms with van der Waals surface area (Å²) in [5.74, 6) is 7.14. The van der Waals surface area contributed by atoms with Gasteiger partial charge in [-0.2, -0.15) is 4.98 Å². The lowest BCUT2D eigenvalue weighted by molar-refractivity contribution is 0.148. The topological polar surface area (TPSA) is 102 Å². The molecule has 0 atom stereocenters. The standard InChI is InChI=1S/C24H29F2N7O/c1-14-18-13-29-24(30-19-7-6-16(12-28-19)15-8-10-32(27)11-9-15)31-22(18)33(17-4-2-3-5-17)23(34)20(14)21(25)26/h6-7,12-13,15,17,21H,2-5,8-11,27H2,1H3,(H,28,29,30,31). The van der Waals surface area contributed by atoms with Gasteiger partial charge in [0, 0.05) is 36.9 Å². The monoisotopic (exact) mass is 469 g/mol. The maximum atomic E-state index is 13.8. The molecule has 2 fully saturated rings. The number of piperidine rings is 1. The van der Waals surface area contributed by atoms with Crippen LogP contribution in [0.2, 0.25) is 0 Å². The van der Waals surface area contributed by atoms with E-state index in [2.05, 4.69) is 20.3 Å². The molecule has 3 aromatic rings. The Morgan fingerprint density at radius 3 is 2.47 bits per heavy atom. The Kier molecular flexibility index (Phi) is 6.26. The van der Waals surface area contributed by atoms with Crippen LogP contribution in [0.25, 0.3) is 11.0 Å². The maximum absolute atomic E-state index is 13.8. The molecule has 1 aliphatic carbocycles. The average Bonchev–Trinajstić information content (AvgIpc) is 3.34. The third-order valence-electron chi connectivity index (χ3n) is 7.19. The largest absolute Gasteiger partial charge is 0.309 e. The van der Waals surface area contributed by atoms with Crippen molar-refractivity contribution >= 4 is 22.8 Å². The molecular formula is C24H29F2N7O. The lowest BCUT2D eigenvalue weighted by Gasteiger charge is -2.28. The van der Waals surface area contributed by atoms with E-state index in [1.54, 1.807) is 0 Å². The van der Waals surface area contributed by atoms with Crippen molar-refractivity contribution in [2.24, 2.45) is 5.84 Å². The number of rotatable bonds is 5. The number of aromatic nitrogens is 4. The van der Waals surface area contributed by atoms with Gasteiger partial charge in [-0.25, -0.2) is 23.8 Å². The molecule has 0 bridgehead atoms. The minimum Gasteiger partial charge on any atom is -0.309 e. The second-order valence-corrected chi connectivity index (χ2v) is 9.30. The van der Waals surface area contributed by atoms with Crippen molar-refractivity contribution in [1.29, 1.82) is 0 Å². The van der Waals surface area contributed by atoms with Gasteiger partial charge in [0.1, 0.15) is 11.5 Å². The molecule has 3 N–H and O–H groups in total. The van der Waals surface area contributed by atoms with Gasteiger partial charge >= 0.3 is 0 Å². The van der Waals surface area contributed by atoms with Gasteiger partial charge in [0.05, 0.1) is 5.56 Å². The maximum Gasteiger partial charge on any atom is 0.269 e. The zero-order valence-corrected chi connectivity index (χ0v) is 19.2. The molecule has 1 aliphatic heterocycles. The van der Waals surface area contributed by atoms with Crippen molar-refractivity contribution in [2.45, 2.75) is 63.8 Å². The third-order valence-corrected chi connectivity index (χ3v) is 7.19. The fourth-order valence-electron chi connectivity index (χ4n) is 5.24. The van der Waals surface area contributed by atoms with Gasteiger partial charge < -0.3 is 5.32 Å². The average molecular weight is 470 g/mol. The van der Waals surface area contributed by atoms with Crippen LogP contribution in [0.5, 0.6) is 0 Å². The number of fused-ring (bicyclic) bond motifs is 1. The highest BCUT2D eigenvalue weighted by Gasteiger charge is 2.27. The molecule has 1 saturated heterocycles. The number of anilines is 2. The molecule has 0 spiro atoms. The van der Waals surface area contributed by atoms with Gasteiger partial charge in [-0.15, -0.1) is 0 Å². The Morgan fingerprint density at radius 2 is 1.82 bits per heavy atom. The predicted octanol–water partition coefficient (Wildman–Crippen LogP) is 4.34. The Balaban J connectivity index is 1.47. The van der Waals surface area contributed by atoms with E-state index >= 15 is 0 Å². The van der Waals surface area contributed by atoms with Crippen LogP contribution in [0.3, 0.4) is 0 Å². The van der Waals surface area contributed by atoms with E-state index in [9.17, 15) is 13.6 Å². The second kappa shape index (κ2) is 9.34. The molecule has 4 heterocycles. The second-order valence-electron chi connectivity index (χ2n) is 9.30. The minimum absolute atomic E-state index is 0.131. The van der Waals surface area contributed by atoms with Gasteiger partial charge in [-0.3, -0.25) is 15.2 Å². The quantitative estimate of drug-likeness (QED) is 0.536. The van der Waals surface area contributed by atoms with Crippen molar-refractivity contribution in [3.63, 3.8) is 0 Å². The number of nitrogens with one attached hydrogen (secondary N) is 1. The molecule has 5 rings (SSSR count). The summed E-state index contributed by atoms with van der Waals surface area (Å²) in [6.45, 7) is 3.27. The molecular weight excluding hydrogens is 440 g/mol. The summed E-state index contributed by atoms with van der Waals surface area (Å²) in [6, 6.07) is 3.79. The third kappa shape index (κ3) is 4.27. The van der Waals surface area contributed by atoms with Crippen molar-refractivity contribution in [2.75, 3.05) is 18.4 Å². The molecule has 1 saturated carbocycles. The van der Waals surface area contributed by atoms with E-state index in [1.807, 2.05) is 23.3 Å². The van der Waals surface area contributed by atoms with Crippen LogP contribution in [0.4, 0.5) is 20.5 Å². The lowest BCUT2D eigenvalue weighted by atomic mass is 9.91. The zero-order valence-electron chi connectivity index (χ0n) is 19.2. The Bertz CT molecular complexity index is 1230. The molecule has 34 heavy (non-hydrogen) atoms. The smallest absolute Gasteiger partial charge is 0.269 e. The van der Waals surface area contributed by atoms with Crippen molar-refractivity contribution in [1.82, 2.24) is 24.5 Å².